The maximum absolute atomic E-state index is 11.8. The van der Waals surface area contributed by atoms with Crippen LogP contribution in [-0.4, -0.2) is 27.9 Å². The van der Waals surface area contributed by atoms with Crippen LogP contribution in [0, 0.1) is 5.92 Å². The molecule has 1 atom stereocenters. The van der Waals surface area contributed by atoms with Crippen LogP contribution < -0.4 is 5.32 Å². The number of aryl methyl sites for hydroxylation is 1. The zero-order chi connectivity index (χ0) is 12.7. The molecule has 96 valence electrons. The summed E-state index contributed by atoms with van der Waals surface area (Å²) in [5.74, 6) is 1.04. The maximum Gasteiger partial charge on any atom is 0.269 e. The highest BCUT2D eigenvalue weighted by atomic mass is 35.5. The van der Waals surface area contributed by atoms with Gasteiger partial charge >= 0.3 is 0 Å². The number of halogens is 1. The standard InChI is InChI=1S/C12H20ClN3O/c1-3-4-10(5-6-13)7-15-12(17)11-8-14-9-16(11)2/h8-10H,3-7H2,1-2H3,(H,15,17). The van der Waals surface area contributed by atoms with Crippen molar-refractivity contribution in [2.75, 3.05) is 12.4 Å². The Morgan fingerprint density at radius 2 is 2.35 bits per heavy atom. The molecule has 0 saturated carbocycles. The predicted molar refractivity (Wildman–Crippen MR) is 69.3 cm³/mol. The second kappa shape index (κ2) is 7.33. The minimum atomic E-state index is -0.0688. The van der Waals surface area contributed by atoms with Gasteiger partial charge in [-0.15, -0.1) is 11.6 Å². The molecule has 0 aliphatic carbocycles. The molecule has 17 heavy (non-hydrogen) atoms. The van der Waals surface area contributed by atoms with Gasteiger partial charge in [0.25, 0.3) is 5.91 Å². The van der Waals surface area contributed by atoms with E-state index in [2.05, 4.69) is 17.2 Å². The number of amides is 1. The van der Waals surface area contributed by atoms with Crippen molar-refractivity contribution in [1.82, 2.24) is 14.9 Å². The van der Waals surface area contributed by atoms with Crippen molar-refractivity contribution in [1.29, 1.82) is 0 Å². The van der Waals surface area contributed by atoms with Crippen molar-refractivity contribution in [2.24, 2.45) is 13.0 Å². The summed E-state index contributed by atoms with van der Waals surface area (Å²) < 4.78 is 1.71. The van der Waals surface area contributed by atoms with Crippen molar-refractivity contribution in [2.45, 2.75) is 26.2 Å². The number of hydrogen-bond donors (Lipinski definition) is 1. The van der Waals surface area contributed by atoms with E-state index >= 15 is 0 Å². The average Bonchev–Trinajstić information content (AvgIpc) is 2.72. The first-order valence-electron chi connectivity index (χ1n) is 5.99. The highest BCUT2D eigenvalue weighted by Crippen LogP contribution is 2.11. The molecule has 1 aromatic rings. The van der Waals surface area contributed by atoms with E-state index < -0.39 is 0 Å². The van der Waals surface area contributed by atoms with Gasteiger partial charge in [-0.1, -0.05) is 13.3 Å². The van der Waals surface area contributed by atoms with Gasteiger partial charge in [0.05, 0.1) is 12.5 Å². The summed E-state index contributed by atoms with van der Waals surface area (Å²) in [5.41, 5.74) is 0.589. The fourth-order valence-electron chi connectivity index (χ4n) is 1.81. The van der Waals surface area contributed by atoms with Crippen molar-refractivity contribution < 1.29 is 4.79 Å². The number of nitrogens with zero attached hydrogens (tertiary/aromatic N) is 2. The number of nitrogens with one attached hydrogen (secondary N) is 1. The van der Waals surface area contributed by atoms with Gasteiger partial charge in [-0.05, 0) is 18.8 Å². The average molecular weight is 258 g/mol. The molecule has 1 rings (SSSR count). The third-order valence-corrected chi connectivity index (χ3v) is 3.03. The Morgan fingerprint density at radius 1 is 1.59 bits per heavy atom. The monoisotopic (exact) mass is 257 g/mol. The van der Waals surface area contributed by atoms with Gasteiger partial charge in [-0.3, -0.25) is 4.79 Å². The summed E-state index contributed by atoms with van der Waals surface area (Å²) in [6, 6.07) is 0. The van der Waals surface area contributed by atoms with Crippen LogP contribution in [-0.2, 0) is 7.05 Å². The lowest BCUT2D eigenvalue weighted by atomic mass is 10.0. The molecule has 0 fully saturated rings. The summed E-state index contributed by atoms with van der Waals surface area (Å²) in [7, 11) is 1.81. The highest BCUT2D eigenvalue weighted by Gasteiger charge is 2.12. The van der Waals surface area contributed by atoms with Crippen LogP contribution in [0.4, 0.5) is 0 Å². The van der Waals surface area contributed by atoms with Crippen molar-refractivity contribution in [3.8, 4) is 0 Å². The summed E-state index contributed by atoms with van der Waals surface area (Å²) in [6.45, 7) is 2.83. The molecule has 0 aliphatic rings. The van der Waals surface area contributed by atoms with E-state index in [0.717, 1.165) is 19.3 Å². The van der Waals surface area contributed by atoms with Gasteiger partial charge < -0.3 is 9.88 Å². The topological polar surface area (TPSA) is 46.9 Å². The fraction of sp³-hybridized carbons (Fsp3) is 0.667. The van der Waals surface area contributed by atoms with Crippen LogP contribution in [0.1, 0.15) is 36.7 Å². The number of carbonyl (C=O) groups is 1. The molecule has 1 aromatic heterocycles. The Hall–Kier alpha value is -1.03. The lowest BCUT2D eigenvalue weighted by Gasteiger charge is -2.15. The number of rotatable bonds is 7. The van der Waals surface area contributed by atoms with Crippen LogP contribution in [0.25, 0.3) is 0 Å². The molecule has 0 aromatic carbocycles. The molecular weight excluding hydrogens is 238 g/mol. The largest absolute Gasteiger partial charge is 0.350 e. The van der Waals surface area contributed by atoms with E-state index in [1.54, 1.807) is 17.1 Å². The molecule has 0 radical (unpaired) electrons. The third kappa shape index (κ3) is 4.38. The minimum Gasteiger partial charge on any atom is -0.350 e. The fourth-order valence-corrected chi connectivity index (χ4v) is 2.12. The van der Waals surface area contributed by atoms with E-state index in [-0.39, 0.29) is 5.91 Å². The van der Waals surface area contributed by atoms with E-state index in [1.165, 1.54) is 0 Å². The zero-order valence-corrected chi connectivity index (χ0v) is 11.2. The predicted octanol–water partition coefficient (Wildman–Crippen LogP) is 2.20. The Labute approximate surface area is 107 Å². The number of carbonyl (C=O) groups excluding carboxylic acids is 1. The number of hydrogen-bond acceptors (Lipinski definition) is 2. The quantitative estimate of drug-likeness (QED) is 0.762. The maximum atomic E-state index is 11.8. The SMILES string of the molecule is CCCC(CCCl)CNC(=O)c1cncn1C. The number of imidazole rings is 1. The summed E-state index contributed by atoms with van der Waals surface area (Å²) in [6.07, 6.45) is 6.35. The van der Waals surface area contributed by atoms with E-state index in [1.807, 2.05) is 7.05 Å². The summed E-state index contributed by atoms with van der Waals surface area (Å²) >= 11 is 5.75. The van der Waals surface area contributed by atoms with Crippen LogP contribution >= 0.6 is 11.6 Å². The molecule has 1 N–H and O–H groups in total. The van der Waals surface area contributed by atoms with Gasteiger partial charge in [-0.25, -0.2) is 4.98 Å². The number of alkyl halides is 1. The lowest BCUT2D eigenvalue weighted by Crippen LogP contribution is -2.30. The smallest absolute Gasteiger partial charge is 0.269 e. The highest BCUT2D eigenvalue weighted by molar-refractivity contribution is 6.17. The van der Waals surface area contributed by atoms with Crippen LogP contribution in [0.5, 0.6) is 0 Å². The summed E-state index contributed by atoms with van der Waals surface area (Å²) in [4.78, 5) is 15.8. The molecule has 4 nitrogen and oxygen atoms in total. The first-order valence-corrected chi connectivity index (χ1v) is 6.53. The minimum absolute atomic E-state index is 0.0688. The first-order chi connectivity index (χ1) is 8.19. The van der Waals surface area contributed by atoms with Gasteiger partial charge in [0.2, 0.25) is 0 Å². The second-order valence-electron chi connectivity index (χ2n) is 4.23. The van der Waals surface area contributed by atoms with E-state index in [0.29, 0.717) is 24.0 Å². The van der Waals surface area contributed by atoms with Crippen LogP contribution in [0.3, 0.4) is 0 Å². The molecule has 5 heteroatoms. The molecule has 0 spiro atoms. The Bertz CT molecular complexity index is 345. The molecular formula is C12H20ClN3O. The van der Waals surface area contributed by atoms with Gasteiger partial charge in [0.1, 0.15) is 5.69 Å². The first kappa shape index (κ1) is 14.0. The van der Waals surface area contributed by atoms with Crippen molar-refractivity contribution >= 4 is 17.5 Å². The number of aromatic nitrogens is 2. The lowest BCUT2D eigenvalue weighted by molar-refractivity contribution is 0.0938. The summed E-state index contributed by atoms with van der Waals surface area (Å²) in [5, 5.41) is 2.94. The molecule has 1 amide bonds. The molecule has 0 bridgehead atoms. The van der Waals surface area contributed by atoms with Gasteiger partial charge in [-0.2, -0.15) is 0 Å². The zero-order valence-electron chi connectivity index (χ0n) is 10.4. The van der Waals surface area contributed by atoms with Crippen molar-refractivity contribution in [3.05, 3.63) is 18.2 Å². The van der Waals surface area contributed by atoms with Gasteiger partial charge in [0, 0.05) is 19.5 Å². The van der Waals surface area contributed by atoms with Crippen LogP contribution in [0.2, 0.25) is 0 Å². The molecule has 1 heterocycles. The Morgan fingerprint density at radius 3 is 2.88 bits per heavy atom. The van der Waals surface area contributed by atoms with E-state index in [4.69, 9.17) is 11.6 Å². The van der Waals surface area contributed by atoms with E-state index in [9.17, 15) is 4.79 Å². The molecule has 0 saturated heterocycles. The Kier molecular flexibility index (Phi) is 6.05. The Balaban J connectivity index is 2.43. The normalized spacial score (nSPS) is 12.4. The molecule has 0 aliphatic heterocycles. The third-order valence-electron chi connectivity index (χ3n) is 2.81. The van der Waals surface area contributed by atoms with Crippen LogP contribution in [0.15, 0.2) is 12.5 Å². The van der Waals surface area contributed by atoms with Gasteiger partial charge in [0.15, 0.2) is 0 Å². The second-order valence-corrected chi connectivity index (χ2v) is 4.61. The molecule has 1 unspecified atom stereocenters. The van der Waals surface area contributed by atoms with Crippen molar-refractivity contribution in [3.63, 3.8) is 0 Å².